The predicted octanol–water partition coefficient (Wildman–Crippen LogP) is 3.71. The summed E-state index contributed by atoms with van der Waals surface area (Å²) in [7, 11) is 0. The van der Waals surface area contributed by atoms with Gasteiger partial charge in [0.2, 0.25) is 0 Å². The summed E-state index contributed by atoms with van der Waals surface area (Å²) in [5.74, 6) is 0.572. The van der Waals surface area contributed by atoms with E-state index >= 15 is 0 Å². The predicted molar refractivity (Wildman–Crippen MR) is 80.5 cm³/mol. The Morgan fingerprint density at radius 1 is 1.53 bits per heavy atom. The fourth-order valence-corrected chi connectivity index (χ4v) is 3.36. The maximum Gasteiger partial charge on any atom is 0.129 e. The maximum atomic E-state index is 14.1. The second kappa shape index (κ2) is 6.33. The first-order valence-corrected chi connectivity index (χ1v) is 7.73. The minimum Gasteiger partial charge on any atom is -0.329 e. The van der Waals surface area contributed by atoms with E-state index < -0.39 is 0 Å². The van der Waals surface area contributed by atoms with Crippen LogP contribution in [-0.2, 0) is 0 Å². The van der Waals surface area contributed by atoms with Crippen molar-refractivity contribution >= 4 is 15.9 Å². The van der Waals surface area contributed by atoms with Crippen LogP contribution in [-0.4, -0.2) is 24.0 Å². The molecule has 1 heterocycles. The highest BCUT2D eigenvalue weighted by Gasteiger charge is 2.30. The summed E-state index contributed by atoms with van der Waals surface area (Å²) < 4.78 is 14.9. The summed E-state index contributed by atoms with van der Waals surface area (Å²) in [5, 5.41) is 0. The van der Waals surface area contributed by atoms with Crippen molar-refractivity contribution in [3.05, 3.63) is 34.1 Å². The van der Waals surface area contributed by atoms with Crippen LogP contribution in [0.1, 0.15) is 38.3 Å². The van der Waals surface area contributed by atoms with Gasteiger partial charge < -0.3 is 5.73 Å². The highest BCUT2D eigenvalue weighted by atomic mass is 79.9. The summed E-state index contributed by atoms with van der Waals surface area (Å²) in [6, 6.07) is 5.75. The second-order valence-electron chi connectivity index (χ2n) is 5.60. The van der Waals surface area contributed by atoms with E-state index in [1.54, 1.807) is 0 Å². The van der Waals surface area contributed by atoms with Gasteiger partial charge in [-0.1, -0.05) is 28.9 Å². The Morgan fingerprint density at radius 2 is 2.26 bits per heavy atom. The molecule has 2 N–H and O–H groups in total. The molecule has 1 saturated heterocycles. The van der Waals surface area contributed by atoms with Gasteiger partial charge in [0.05, 0.1) is 0 Å². The molecule has 0 bridgehead atoms. The smallest absolute Gasteiger partial charge is 0.129 e. The molecule has 2 rings (SSSR count). The molecular formula is C15H22BrFN2. The van der Waals surface area contributed by atoms with Gasteiger partial charge in [-0.3, -0.25) is 4.90 Å². The monoisotopic (exact) mass is 328 g/mol. The van der Waals surface area contributed by atoms with Gasteiger partial charge in [0.1, 0.15) is 5.82 Å². The first-order chi connectivity index (χ1) is 9.02. The molecule has 0 amide bonds. The molecule has 1 aliphatic heterocycles. The van der Waals surface area contributed by atoms with Gasteiger partial charge in [-0.2, -0.15) is 0 Å². The van der Waals surface area contributed by atoms with E-state index in [0.717, 1.165) is 23.0 Å². The van der Waals surface area contributed by atoms with Crippen molar-refractivity contribution in [2.75, 3.05) is 13.1 Å². The van der Waals surface area contributed by atoms with Gasteiger partial charge in [0.15, 0.2) is 0 Å². The van der Waals surface area contributed by atoms with Crippen molar-refractivity contribution in [1.29, 1.82) is 0 Å². The molecule has 19 heavy (non-hydrogen) atoms. The minimum absolute atomic E-state index is 0.0779. The highest BCUT2D eigenvalue weighted by molar-refractivity contribution is 9.10. The van der Waals surface area contributed by atoms with Gasteiger partial charge >= 0.3 is 0 Å². The molecule has 0 aromatic heterocycles. The lowest BCUT2D eigenvalue weighted by Gasteiger charge is -2.42. The zero-order valence-corrected chi connectivity index (χ0v) is 13.2. The maximum absolute atomic E-state index is 14.1. The zero-order chi connectivity index (χ0) is 14.0. The van der Waals surface area contributed by atoms with Gasteiger partial charge in [-0.15, -0.1) is 0 Å². The molecule has 0 radical (unpaired) electrons. The Kier molecular flexibility index (Phi) is 4.98. The first kappa shape index (κ1) is 14.9. The molecule has 2 nitrogen and oxygen atoms in total. The quantitative estimate of drug-likeness (QED) is 0.916. The van der Waals surface area contributed by atoms with Crippen molar-refractivity contribution in [1.82, 2.24) is 4.90 Å². The number of piperidine rings is 1. The number of rotatable bonds is 3. The molecule has 3 unspecified atom stereocenters. The topological polar surface area (TPSA) is 29.3 Å². The zero-order valence-electron chi connectivity index (χ0n) is 11.6. The molecule has 4 heteroatoms. The van der Waals surface area contributed by atoms with E-state index in [9.17, 15) is 4.39 Å². The molecule has 0 saturated carbocycles. The van der Waals surface area contributed by atoms with Crippen molar-refractivity contribution in [3.63, 3.8) is 0 Å². The first-order valence-electron chi connectivity index (χ1n) is 6.93. The number of halogens is 2. The van der Waals surface area contributed by atoms with Crippen LogP contribution in [0.15, 0.2) is 22.7 Å². The molecule has 1 aromatic carbocycles. The van der Waals surface area contributed by atoms with Crippen LogP contribution in [0.3, 0.4) is 0 Å². The number of nitrogens with two attached hydrogens (primary N) is 1. The van der Waals surface area contributed by atoms with Gasteiger partial charge in [-0.25, -0.2) is 4.39 Å². The number of hydrogen-bond donors (Lipinski definition) is 1. The summed E-state index contributed by atoms with van der Waals surface area (Å²) in [6.45, 7) is 5.99. The number of nitrogens with zero attached hydrogens (tertiary/aromatic N) is 1. The Morgan fingerprint density at radius 3 is 2.89 bits per heavy atom. The fourth-order valence-electron chi connectivity index (χ4n) is 3.03. The largest absolute Gasteiger partial charge is 0.329 e. The van der Waals surface area contributed by atoms with Gasteiger partial charge in [0, 0.05) is 28.7 Å². The minimum atomic E-state index is -0.142. The van der Waals surface area contributed by atoms with Crippen LogP contribution in [0.4, 0.5) is 4.39 Å². The summed E-state index contributed by atoms with van der Waals surface area (Å²) in [4.78, 5) is 2.35. The van der Waals surface area contributed by atoms with Crippen molar-refractivity contribution in [2.45, 2.75) is 38.8 Å². The normalized spacial score (nSPS) is 26.4. The molecule has 0 aliphatic carbocycles. The highest BCUT2D eigenvalue weighted by Crippen LogP contribution is 2.32. The average molecular weight is 329 g/mol. The van der Waals surface area contributed by atoms with Crippen LogP contribution in [0.2, 0.25) is 0 Å². The molecular weight excluding hydrogens is 307 g/mol. The lowest BCUT2D eigenvalue weighted by atomic mass is 9.90. The van der Waals surface area contributed by atoms with E-state index in [2.05, 4.69) is 34.7 Å². The van der Waals surface area contributed by atoms with E-state index in [-0.39, 0.29) is 11.9 Å². The Labute approximate surface area is 123 Å². The number of likely N-dealkylation sites (tertiary alicyclic amines) is 1. The third-order valence-electron chi connectivity index (χ3n) is 4.21. The molecule has 106 valence electrons. The Balaban J connectivity index is 2.20. The van der Waals surface area contributed by atoms with E-state index in [0.29, 0.717) is 18.5 Å². The van der Waals surface area contributed by atoms with Crippen molar-refractivity contribution < 1.29 is 4.39 Å². The van der Waals surface area contributed by atoms with Crippen molar-refractivity contribution in [2.24, 2.45) is 11.7 Å². The third kappa shape index (κ3) is 3.36. The molecule has 1 aromatic rings. The number of benzene rings is 1. The Bertz CT molecular complexity index is 438. The van der Waals surface area contributed by atoms with E-state index in [4.69, 9.17) is 5.73 Å². The van der Waals surface area contributed by atoms with Gasteiger partial charge in [-0.05, 0) is 44.4 Å². The fraction of sp³-hybridized carbons (Fsp3) is 0.600. The Hall–Kier alpha value is -0.450. The van der Waals surface area contributed by atoms with E-state index in [1.807, 2.05) is 12.1 Å². The average Bonchev–Trinajstić information content (AvgIpc) is 2.37. The standard InChI is InChI=1S/C15H22BrFN2/c1-10-5-6-19(13(7-10)9-18)11(2)14-4-3-12(16)8-15(14)17/h3-4,8,10-11,13H,5-7,9,18H2,1-2H3. The second-order valence-corrected chi connectivity index (χ2v) is 6.51. The third-order valence-corrected chi connectivity index (χ3v) is 4.70. The summed E-state index contributed by atoms with van der Waals surface area (Å²) in [5.41, 5.74) is 6.65. The molecule has 0 spiro atoms. The van der Waals surface area contributed by atoms with Crippen LogP contribution >= 0.6 is 15.9 Å². The SMILES string of the molecule is CC1CCN(C(C)c2ccc(Br)cc2F)C(CN)C1. The molecule has 3 atom stereocenters. The van der Waals surface area contributed by atoms with Crippen LogP contribution in [0, 0.1) is 11.7 Å². The van der Waals surface area contributed by atoms with Crippen LogP contribution < -0.4 is 5.73 Å². The van der Waals surface area contributed by atoms with Crippen LogP contribution in [0.5, 0.6) is 0 Å². The molecule has 1 aliphatic rings. The lowest BCUT2D eigenvalue weighted by molar-refractivity contribution is 0.0818. The van der Waals surface area contributed by atoms with E-state index in [1.165, 1.54) is 12.5 Å². The summed E-state index contributed by atoms with van der Waals surface area (Å²) in [6.07, 6.45) is 2.28. The van der Waals surface area contributed by atoms with Crippen molar-refractivity contribution in [3.8, 4) is 0 Å². The van der Waals surface area contributed by atoms with Gasteiger partial charge in [0.25, 0.3) is 0 Å². The molecule has 1 fully saturated rings. The van der Waals surface area contributed by atoms with Crippen LogP contribution in [0.25, 0.3) is 0 Å². The lowest BCUT2D eigenvalue weighted by Crippen LogP contribution is -2.47. The number of hydrogen-bond acceptors (Lipinski definition) is 2. The summed E-state index contributed by atoms with van der Waals surface area (Å²) >= 11 is 3.30.